The van der Waals surface area contributed by atoms with Gasteiger partial charge in [0.25, 0.3) is 0 Å². The van der Waals surface area contributed by atoms with E-state index in [1.807, 2.05) is 32.0 Å². The van der Waals surface area contributed by atoms with Gasteiger partial charge in [0.2, 0.25) is 5.91 Å². The third-order valence-corrected chi connectivity index (χ3v) is 4.54. The molecule has 0 aliphatic carbocycles. The largest absolute Gasteiger partial charge is 0.423 e. The maximum absolute atomic E-state index is 13.2. The molecular formula is C20H17ClFNO3. The Hall–Kier alpha value is -2.66. The van der Waals surface area contributed by atoms with Crippen LogP contribution in [0.2, 0.25) is 5.02 Å². The molecule has 0 saturated carbocycles. The summed E-state index contributed by atoms with van der Waals surface area (Å²) < 4.78 is 18.5. The molecule has 4 nitrogen and oxygen atoms in total. The maximum Gasteiger partial charge on any atom is 0.339 e. The topological polar surface area (TPSA) is 59.3 Å². The van der Waals surface area contributed by atoms with Gasteiger partial charge < -0.3 is 9.73 Å². The van der Waals surface area contributed by atoms with Gasteiger partial charge in [-0.15, -0.1) is 0 Å². The van der Waals surface area contributed by atoms with Gasteiger partial charge in [-0.1, -0.05) is 23.7 Å². The molecule has 1 aromatic heterocycles. The van der Waals surface area contributed by atoms with Crippen LogP contribution < -0.4 is 10.9 Å². The van der Waals surface area contributed by atoms with Crippen molar-refractivity contribution in [3.63, 3.8) is 0 Å². The quantitative estimate of drug-likeness (QED) is 0.670. The monoisotopic (exact) mass is 373 g/mol. The number of hydrogen-bond donors (Lipinski definition) is 1. The zero-order valence-corrected chi connectivity index (χ0v) is 15.1. The minimum atomic E-state index is -0.552. The second-order valence-corrected chi connectivity index (χ2v) is 6.58. The highest BCUT2D eigenvalue weighted by Crippen LogP contribution is 2.22. The highest BCUT2D eigenvalue weighted by molar-refractivity contribution is 6.31. The first kappa shape index (κ1) is 18.1. The van der Waals surface area contributed by atoms with Crippen LogP contribution in [0, 0.1) is 19.7 Å². The summed E-state index contributed by atoms with van der Waals surface area (Å²) in [7, 11) is 0. The maximum atomic E-state index is 13.2. The highest BCUT2D eigenvalue weighted by atomic mass is 35.5. The SMILES string of the molecule is Cc1ccc2c(C)c(CCC(=O)Nc3ccc(F)c(Cl)c3)c(=O)oc2c1. The van der Waals surface area contributed by atoms with Crippen molar-refractivity contribution in [2.75, 3.05) is 5.32 Å². The Kier molecular flexibility index (Phi) is 5.09. The summed E-state index contributed by atoms with van der Waals surface area (Å²) in [6.45, 7) is 3.77. The Bertz CT molecular complexity index is 1060. The average molecular weight is 374 g/mol. The van der Waals surface area contributed by atoms with E-state index in [0.29, 0.717) is 16.8 Å². The van der Waals surface area contributed by atoms with E-state index in [1.54, 1.807) is 0 Å². The summed E-state index contributed by atoms with van der Waals surface area (Å²) >= 11 is 5.70. The Morgan fingerprint density at radius 3 is 2.69 bits per heavy atom. The molecule has 134 valence electrons. The molecule has 0 bridgehead atoms. The van der Waals surface area contributed by atoms with Gasteiger partial charge in [-0.3, -0.25) is 4.79 Å². The fourth-order valence-corrected chi connectivity index (χ4v) is 3.01. The molecule has 3 rings (SSSR count). The van der Waals surface area contributed by atoms with Gasteiger partial charge in [0.15, 0.2) is 0 Å². The predicted octanol–water partition coefficient (Wildman–Crippen LogP) is 4.77. The predicted molar refractivity (Wildman–Crippen MR) is 100 cm³/mol. The van der Waals surface area contributed by atoms with Crippen molar-refractivity contribution in [3.05, 3.63) is 74.3 Å². The molecule has 0 unspecified atom stereocenters. The number of nitrogens with one attached hydrogen (secondary N) is 1. The summed E-state index contributed by atoms with van der Waals surface area (Å²) in [6.07, 6.45) is 0.344. The fraction of sp³-hybridized carbons (Fsp3) is 0.200. The van der Waals surface area contributed by atoms with E-state index in [4.69, 9.17) is 16.0 Å². The number of carbonyl (C=O) groups excluding carboxylic acids is 1. The first-order valence-corrected chi connectivity index (χ1v) is 8.51. The van der Waals surface area contributed by atoms with Gasteiger partial charge in [-0.25, -0.2) is 9.18 Å². The lowest BCUT2D eigenvalue weighted by Gasteiger charge is -2.09. The molecule has 0 aliphatic rings. The van der Waals surface area contributed by atoms with Crippen LogP contribution in [0.3, 0.4) is 0 Å². The molecule has 0 fully saturated rings. The number of benzene rings is 2. The van der Waals surface area contributed by atoms with Gasteiger partial charge in [0.05, 0.1) is 5.02 Å². The van der Waals surface area contributed by atoms with Crippen LogP contribution in [0.4, 0.5) is 10.1 Å². The standard InChI is InChI=1S/C20H17ClFNO3/c1-11-3-5-14-12(2)15(20(25)26-18(14)9-11)6-8-19(24)23-13-4-7-17(22)16(21)10-13/h3-5,7,9-10H,6,8H2,1-2H3,(H,23,24). The van der Waals surface area contributed by atoms with Crippen LogP contribution in [0.15, 0.2) is 45.6 Å². The lowest BCUT2D eigenvalue weighted by atomic mass is 10.0. The number of anilines is 1. The number of fused-ring (bicyclic) bond motifs is 1. The van der Waals surface area contributed by atoms with E-state index in [-0.39, 0.29) is 23.8 Å². The first-order chi connectivity index (χ1) is 12.3. The lowest BCUT2D eigenvalue weighted by Crippen LogP contribution is -2.16. The molecule has 0 spiro atoms. The highest BCUT2D eigenvalue weighted by Gasteiger charge is 2.13. The van der Waals surface area contributed by atoms with Crippen molar-refractivity contribution in [3.8, 4) is 0 Å². The third-order valence-electron chi connectivity index (χ3n) is 4.25. The van der Waals surface area contributed by atoms with E-state index in [1.165, 1.54) is 18.2 Å². The van der Waals surface area contributed by atoms with Crippen LogP contribution >= 0.6 is 11.6 Å². The van der Waals surface area contributed by atoms with Crippen molar-refractivity contribution >= 4 is 34.2 Å². The number of aryl methyl sites for hydroxylation is 2. The average Bonchev–Trinajstić information content (AvgIpc) is 2.57. The summed E-state index contributed by atoms with van der Waals surface area (Å²) in [5.74, 6) is -0.847. The number of amides is 1. The van der Waals surface area contributed by atoms with E-state index >= 15 is 0 Å². The second-order valence-electron chi connectivity index (χ2n) is 6.17. The van der Waals surface area contributed by atoms with Crippen LogP contribution in [0.5, 0.6) is 0 Å². The molecule has 6 heteroatoms. The molecule has 1 heterocycles. The molecule has 0 radical (unpaired) electrons. The smallest absolute Gasteiger partial charge is 0.339 e. The molecule has 3 aromatic rings. The van der Waals surface area contributed by atoms with Crippen LogP contribution in [-0.4, -0.2) is 5.91 Å². The van der Waals surface area contributed by atoms with Crippen molar-refractivity contribution in [2.45, 2.75) is 26.7 Å². The molecule has 0 saturated heterocycles. The Morgan fingerprint density at radius 2 is 1.96 bits per heavy atom. The fourth-order valence-electron chi connectivity index (χ4n) is 2.83. The van der Waals surface area contributed by atoms with E-state index < -0.39 is 11.4 Å². The number of hydrogen-bond acceptors (Lipinski definition) is 3. The summed E-state index contributed by atoms with van der Waals surface area (Å²) in [5, 5.41) is 3.43. The van der Waals surface area contributed by atoms with Crippen LogP contribution in [0.25, 0.3) is 11.0 Å². The lowest BCUT2D eigenvalue weighted by molar-refractivity contribution is -0.116. The molecule has 1 N–H and O–H groups in total. The molecular weight excluding hydrogens is 357 g/mol. The summed E-state index contributed by atoms with van der Waals surface area (Å²) in [5.41, 5.74) is 2.81. The first-order valence-electron chi connectivity index (χ1n) is 8.13. The summed E-state index contributed by atoms with van der Waals surface area (Å²) in [6, 6.07) is 9.63. The van der Waals surface area contributed by atoms with E-state index in [9.17, 15) is 14.0 Å². The Labute approximate surface area is 154 Å². The normalized spacial score (nSPS) is 10.9. The van der Waals surface area contributed by atoms with Gasteiger partial charge in [-0.05, 0) is 55.7 Å². The minimum absolute atomic E-state index is 0.0656. The molecule has 1 amide bonds. The van der Waals surface area contributed by atoms with E-state index in [2.05, 4.69) is 5.32 Å². The van der Waals surface area contributed by atoms with Crippen molar-refractivity contribution < 1.29 is 13.6 Å². The molecule has 0 atom stereocenters. The molecule has 2 aromatic carbocycles. The number of carbonyl (C=O) groups is 1. The van der Waals surface area contributed by atoms with E-state index in [0.717, 1.165) is 16.5 Å². The van der Waals surface area contributed by atoms with Gasteiger partial charge in [-0.2, -0.15) is 0 Å². The van der Waals surface area contributed by atoms with Gasteiger partial charge in [0.1, 0.15) is 11.4 Å². The Morgan fingerprint density at radius 1 is 1.19 bits per heavy atom. The Balaban J connectivity index is 1.76. The minimum Gasteiger partial charge on any atom is -0.423 e. The molecule has 26 heavy (non-hydrogen) atoms. The number of rotatable bonds is 4. The molecule has 0 aliphatic heterocycles. The third kappa shape index (κ3) is 3.78. The summed E-state index contributed by atoms with van der Waals surface area (Å²) in [4.78, 5) is 24.4. The van der Waals surface area contributed by atoms with Crippen LogP contribution in [0.1, 0.15) is 23.1 Å². The van der Waals surface area contributed by atoms with Crippen LogP contribution in [-0.2, 0) is 11.2 Å². The van der Waals surface area contributed by atoms with Crippen molar-refractivity contribution in [1.29, 1.82) is 0 Å². The van der Waals surface area contributed by atoms with Gasteiger partial charge in [0, 0.05) is 23.1 Å². The van der Waals surface area contributed by atoms with Crippen molar-refractivity contribution in [1.82, 2.24) is 0 Å². The van der Waals surface area contributed by atoms with Gasteiger partial charge >= 0.3 is 5.63 Å². The second kappa shape index (κ2) is 7.30. The number of halogens is 2. The zero-order chi connectivity index (χ0) is 18.8. The zero-order valence-electron chi connectivity index (χ0n) is 14.4. The van der Waals surface area contributed by atoms with Crippen molar-refractivity contribution in [2.24, 2.45) is 0 Å².